The molecule has 0 aliphatic rings. The van der Waals surface area contributed by atoms with E-state index in [1.165, 1.54) is 30.5 Å². The fraction of sp³-hybridized carbons (Fsp3) is 0.545. The predicted octanol–water partition coefficient (Wildman–Crippen LogP) is 0.664. The lowest BCUT2D eigenvalue weighted by atomic mass is 10.0. The van der Waals surface area contributed by atoms with E-state index in [1.54, 1.807) is 20.0 Å². The first-order valence-electron chi connectivity index (χ1n) is 5.20. The third-order valence-electron chi connectivity index (χ3n) is 2.89. The highest BCUT2D eigenvalue weighted by Crippen LogP contribution is 2.16. The molecule has 0 aromatic carbocycles. The monoisotopic (exact) mass is 239 g/mol. The first-order valence-corrected chi connectivity index (χ1v) is 5.20. The molecular formula is C11H17N3O3. The number of rotatable bonds is 3. The van der Waals surface area contributed by atoms with Crippen LogP contribution >= 0.6 is 0 Å². The summed E-state index contributed by atoms with van der Waals surface area (Å²) in [6, 6.07) is 1.64. The number of aliphatic carboxylic acids is 1. The molecule has 6 nitrogen and oxygen atoms in total. The highest BCUT2D eigenvalue weighted by molar-refractivity contribution is 5.96. The third kappa shape index (κ3) is 2.30. The lowest BCUT2D eigenvalue weighted by Crippen LogP contribution is -2.51. The van der Waals surface area contributed by atoms with Crippen molar-refractivity contribution in [3.05, 3.63) is 17.5 Å². The van der Waals surface area contributed by atoms with Gasteiger partial charge in [-0.05, 0) is 26.8 Å². The molecule has 1 N–H and O–H groups in total. The highest BCUT2D eigenvalue weighted by atomic mass is 16.4. The zero-order valence-corrected chi connectivity index (χ0v) is 10.7. The summed E-state index contributed by atoms with van der Waals surface area (Å²) in [5, 5.41) is 13.1. The molecule has 0 bridgehead atoms. The van der Waals surface area contributed by atoms with Crippen LogP contribution in [0.25, 0.3) is 0 Å². The van der Waals surface area contributed by atoms with Gasteiger partial charge in [0.1, 0.15) is 11.2 Å². The van der Waals surface area contributed by atoms with E-state index in [0.29, 0.717) is 5.69 Å². The second-order valence-corrected chi connectivity index (χ2v) is 4.52. The number of aryl methyl sites for hydroxylation is 2. The van der Waals surface area contributed by atoms with E-state index in [2.05, 4.69) is 5.10 Å². The van der Waals surface area contributed by atoms with Gasteiger partial charge in [0.25, 0.3) is 5.91 Å². The summed E-state index contributed by atoms with van der Waals surface area (Å²) in [5.74, 6) is -1.41. The molecular weight excluding hydrogens is 222 g/mol. The van der Waals surface area contributed by atoms with E-state index in [4.69, 9.17) is 5.11 Å². The van der Waals surface area contributed by atoms with Crippen molar-refractivity contribution in [1.29, 1.82) is 0 Å². The second kappa shape index (κ2) is 4.20. The molecule has 0 unspecified atom stereocenters. The highest BCUT2D eigenvalue weighted by Gasteiger charge is 2.36. The first kappa shape index (κ1) is 13.2. The lowest BCUT2D eigenvalue weighted by Gasteiger charge is -2.31. The number of hydrogen-bond acceptors (Lipinski definition) is 3. The summed E-state index contributed by atoms with van der Waals surface area (Å²) in [6.45, 7) is 4.74. The quantitative estimate of drug-likeness (QED) is 0.841. The number of amides is 1. The third-order valence-corrected chi connectivity index (χ3v) is 2.89. The Labute approximate surface area is 99.8 Å². The van der Waals surface area contributed by atoms with Crippen LogP contribution in [-0.4, -0.2) is 44.3 Å². The maximum absolute atomic E-state index is 12.1. The average molecular weight is 239 g/mol. The standard InChI is InChI=1S/C11H17N3O3/c1-7-6-8(14(5)12-7)9(15)13(4)11(2,3)10(16)17/h6H,1-5H3,(H,16,17). The molecule has 1 rings (SSSR count). The molecule has 0 aliphatic heterocycles. The van der Waals surface area contributed by atoms with Crippen LogP contribution in [0.1, 0.15) is 30.0 Å². The maximum atomic E-state index is 12.1. The Morgan fingerprint density at radius 3 is 2.35 bits per heavy atom. The topological polar surface area (TPSA) is 75.4 Å². The minimum atomic E-state index is -1.25. The molecule has 1 amide bonds. The molecule has 0 atom stereocenters. The molecule has 6 heteroatoms. The fourth-order valence-corrected chi connectivity index (χ4v) is 1.38. The molecule has 0 saturated carbocycles. The zero-order chi connectivity index (χ0) is 13.4. The average Bonchev–Trinajstić information content (AvgIpc) is 2.55. The van der Waals surface area contributed by atoms with Gasteiger partial charge < -0.3 is 10.0 Å². The van der Waals surface area contributed by atoms with Crippen LogP contribution < -0.4 is 0 Å². The normalized spacial score (nSPS) is 11.4. The molecule has 1 aromatic heterocycles. The number of hydrogen-bond donors (Lipinski definition) is 1. The van der Waals surface area contributed by atoms with E-state index < -0.39 is 11.5 Å². The van der Waals surface area contributed by atoms with Crippen molar-refractivity contribution in [2.24, 2.45) is 7.05 Å². The summed E-state index contributed by atoms with van der Waals surface area (Å²) in [6.07, 6.45) is 0. The lowest BCUT2D eigenvalue weighted by molar-refractivity contribution is -0.147. The largest absolute Gasteiger partial charge is 0.480 e. The Morgan fingerprint density at radius 1 is 1.47 bits per heavy atom. The molecule has 1 aromatic rings. The van der Waals surface area contributed by atoms with Gasteiger partial charge in [-0.25, -0.2) is 4.79 Å². The van der Waals surface area contributed by atoms with Gasteiger partial charge in [-0.3, -0.25) is 9.48 Å². The zero-order valence-electron chi connectivity index (χ0n) is 10.7. The fourth-order valence-electron chi connectivity index (χ4n) is 1.38. The van der Waals surface area contributed by atoms with Crippen LogP contribution in [0.5, 0.6) is 0 Å². The Morgan fingerprint density at radius 2 is 2.00 bits per heavy atom. The van der Waals surface area contributed by atoms with Crippen molar-refractivity contribution in [3.8, 4) is 0 Å². The van der Waals surface area contributed by atoms with Gasteiger partial charge in [-0.15, -0.1) is 0 Å². The molecule has 0 spiro atoms. The van der Waals surface area contributed by atoms with Gasteiger partial charge >= 0.3 is 5.97 Å². The molecule has 17 heavy (non-hydrogen) atoms. The van der Waals surface area contributed by atoms with Crippen molar-refractivity contribution >= 4 is 11.9 Å². The van der Waals surface area contributed by atoms with Crippen LogP contribution in [-0.2, 0) is 11.8 Å². The summed E-state index contributed by atoms with van der Waals surface area (Å²) < 4.78 is 1.45. The van der Waals surface area contributed by atoms with Gasteiger partial charge in [0.05, 0.1) is 5.69 Å². The van der Waals surface area contributed by atoms with Crippen LogP contribution in [0.3, 0.4) is 0 Å². The van der Waals surface area contributed by atoms with Gasteiger partial charge in [-0.1, -0.05) is 0 Å². The molecule has 0 aliphatic carbocycles. The second-order valence-electron chi connectivity index (χ2n) is 4.52. The summed E-state index contributed by atoms with van der Waals surface area (Å²) in [5.41, 5.74) is -0.161. The van der Waals surface area contributed by atoms with E-state index in [9.17, 15) is 9.59 Å². The Kier molecular flexibility index (Phi) is 3.26. The van der Waals surface area contributed by atoms with Crippen LogP contribution in [0.4, 0.5) is 0 Å². The Balaban J connectivity index is 3.06. The molecule has 94 valence electrons. The van der Waals surface area contributed by atoms with Crippen LogP contribution in [0, 0.1) is 6.92 Å². The van der Waals surface area contributed by atoms with Gasteiger partial charge in [0.2, 0.25) is 0 Å². The summed E-state index contributed by atoms with van der Waals surface area (Å²) >= 11 is 0. The summed E-state index contributed by atoms with van der Waals surface area (Å²) in [4.78, 5) is 24.4. The van der Waals surface area contributed by atoms with Gasteiger partial charge in [-0.2, -0.15) is 5.10 Å². The number of nitrogens with zero attached hydrogens (tertiary/aromatic N) is 3. The predicted molar refractivity (Wildman–Crippen MR) is 61.8 cm³/mol. The van der Waals surface area contributed by atoms with E-state index in [1.807, 2.05) is 0 Å². The number of likely N-dealkylation sites (N-methyl/N-ethyl adjacent to an activating group) is 1. The van der Waals surface area contributed by atoms with Gasteiger partial charge in [0, 0.05) is 14.1 Å². The van der Waals surface area contributed by atoms with Crippen molar-refractivity contribution in [3.63, 3.8) is 0 Å². The van der Waals surface area contributed by atoms with Crippen molar-refractivity contribution in [1.82, 2.24) is 14.7 Å². The van der Waals surface area contributed by atoms with Crippen molar-refractivity contribution in [2.75, 3.05) is 7.05 Å². The minimum absolute atomic E-state index is 0.361. The smallest absolute Gasteiger partial charge is 0.329 e. The van der Waals surface area contributed by atoms with E-state index in [-0.39, 0.29) is 5.91 Å². The number of carboxylic acid groups (broad SMARTS) is 1. The number of carboxylic acids is 1. The molecule has 0 radical (unpaired) electrons. The first-order chi connectivity index (χ1) is 7.67. The van der Waals surface area contributed by atoms with Crippen LogP contribution in [0.2, 0.25) is 0 Å². The van der Waals surface area contributed by atoms with E-state index in [0.717, 1.165) is 5.69 Å². The number of carbonyl (C=O) groups is 2. The van der Waals surface area contributed by atoms with E-state index >= 15 is 0 Å². The molecule has 0 saturated heterocycles. The Bertz CT molecular complexity index is 463. The molecule has 0 fully saturated rings. The summed E-state index contributed by atoms with van der Waals surface area (Å²) in [7, 11) is 3.13. The van der Waals surface area contributed by atoms with Gasteiger partial charge in [0.15, 0.2) is 0 Å². The maximum Gasteiger partial charge on any atom is 0.329 e. The SMILES string of the molecule is Cc1cc(C(=O)N(C)C(C)(C)C(=O)O)n(C)n1. The number of carbonyl (C=O) groups excluding carboxylic acids is 1. The van der Waals surface area contributed by atoms with Crippen molar-refractivity contribution < 1.29 is 14.7 Å². The minimum Gasteiger partial charge on any atom is -0.480 e. The van der Waals surface area contributed by atoms with Crippen molar-refractivity contribution in [2.45, 2.75) is 26.3 Å². The Hall–Kier alpha value is -1.85. The number of aromatic nitrogens is 2. The molecule has 1 heterocycles. The van der Waals surface area contributed by atoms with Crippen LogP contribution in [0.15, 0.2) is 6.07 Å².